The standard InChI is InChI=1S/C17H24ClNO4.K/c1-11(2)19(16(22)23-17(3,4)5)10-14(15(20)21)12-6-8-13(18)9-7-12;/h6-9,11,14H,10H2,1-5H3,(H,20,21);/q;+1/p-1. The summed E-state index contributed by atoms with van der Waals surface area (Å²) in [5.74, 6) is -2.20. The van der Waals surface area contributed by atoms with E-state index in [1.54, 1.807) is 58.9 Å². The number of carbonyl (C=O) groups is 2. The van der Waals surface area contributed by atoms with E-state index in [9.17, 15) is 14.7 Å². The number of rotatable bonds is 5. The smallest absolute Gasteiger partial charge is 0.549 e. The summed E-state index contributed by atoms with van der Waals surface area (Å²) in [6.45, 7) is 8.86. The van der Waals surface area contributed by atoms with E-state index >= 15 is 0 Å². The molecule has 1 amide bonds. The van der Waals surface area contributed by atoms with Gasteiger partial charge in [0.15, 0.2) is 0 Å². The van der Waals surface area contributed by atoms with Crippen LogP contribution in [0.15, 0.2) is 24.3 Å². The molecular weight excluding hydrogens is 357 g/mol. The van der Waals surface area contributed by atoms with E-state index < -0.39 is 23.6 Å². The Bertz CT molecular complexity index is 555. The number of hydrogen-bond donors (Lipinski definition) is 0. The minimum Gasteiger partial charge on any atom is -0.549 e. The second-order valence-corrected chi connectivity index (χ2v) is 7.09. The number of halogens is 1. The van der Waals surface area contributed by atoms with Gasteiger partial charge in [-0.25, -0.2) is 4.79 Å². The molecule has 7 heteroatoms. The molecule has 1 unspecified atom stereocenters. The van der Waals surface area contributed by atoms with Crippen molar-refractivity contribution in [1.82, 2.24) is 4.90 Å². The molecule has 1 aromatic rings. The van der Waals surface area contributed by atoms with Crippen molar-refractivity contribution in [3.8, 4) is 0 Å². The van der Waals surface area contributed by atoms with Crippen LogP contribution < -0.4 is 56.5 Å². The van der Waals surface area contributed by atoms with Gasteiger partial charge >= 0.3 is 57.5 Å². The fourth-order valence-electron chi connectivity index (χ4n) is 2.02. The summed E-state index contributed by atoms with van der Waals surface area (Å²) in [5.41, 5.74) is -0.120. The number of aliphatic carboxylic acids is 1. The Labute approximate surface area is 191 Å². The van der Waals surface area contributed by atoms with E-state index in [0.717, 1.165) is 0 Å². The first-order valence-corrected chi connectivity index (χ1v) is 7.85. The van der Waals surface area contributed by atoms with Gasteiger partial charge in [-0.3, -0.25) is 0 Å². The normalized spacial score (nSPS) is 12.3. The van der Waals surface area contributed by atoms with Gasteiger partial charge in [-0.15, -0.1) is 0 Å². The van der Waals surface area contributed by atoms with Crippen molar-refractivity contribution < 1.29 is 70.8 Å². The van der Waals surface area contributed by atoms with Gasteiger partial charge in [0, 0.05) is 23.5 Å². The average molecular weight is 380 g/mol. The van der Waals surface area contributed by atoms with Crippen molar-refractivity contribution in [3.05, 3.63) is 34.9 Å². The van der Waals surface area contributed by atoms with E-state index in [1.165, 1.54) is 4.90 Å². The van der Waals surface area contributed by atoms with Crippen molar-refractivity contribution in [2.24, 2.45) is 0 Å². The third kappa shape index (κ3) is 7.84. The molecule has 0 N–H and O–H groups in total. The molecule has 128 valence electrons. The maximum absolute atomic E-state index is 12.3. The maximum Gasteiger partial charge on any atom is 1.00 e. The number of benzene rings is 1. The van der Waals surface area contributed by atoms with Crippen molar-refractivity contribution in [2.45, 2.75) is 52.2 Å². The zero-order chi connectivity index (χ0) is 17.8. The molecule has 0 aromatic heterocycles. The predicted molar refractivity (Wildman–Crippen MR) is 87.3 cm³/mol. The Hall–Kier alpha value is -0.114. The summed E-state index contributed by atoms with van der Waals surface area (Å²) in [5, 5.41) is 12.0. The molecule has 0 spiro atoms. The number of carboxylic acids is 1. The Morgan fingerprint density at radius 3 is 2.08 bits per heavy atom. The molecule has 0 saturated heterocycles. The van der Waals surface area contributed by atoms with Crippen LogP contribution in [-0.4, -0.2) is 35.2 Å². The van der Waals surface area contributed by atoms with Crippen LogP contribution >= 0.6 is 11.6 Å². The molecule has 1 rings (SSSR count). The van der Waals surface area contributed by atoms with E-state index in [2.05, 4.69) is 0 Å². The molecule has 0 aliphatic rings. The minimum atomic E-state index is -1.25. The quantitative estimate of drug-likeness (QED) is 0.666. The molecule has 1 atom stereocenters. The fraction of sp³-hybridized carbons (Fsp3) is 0.529. The largest absolute Gasteiger partial charge is 1.00 e. The monoisotopic (exact) mass is 379 g/mol. The van der Waals surface area contributed by atoms with Crippen molar-refractivity contribution in [1.29, 1.82) is 0 Å². The topological polar surface area (TPSA) is 69.7 Å². The van der Waals surface area contributed by atoms with Crippen LogP contribution in [-0.2, 0) is 9.53 Å². The minimum absolute atomic E-state index is 0. The van der Waals surface area contributed by atoms with Gasteiger partial charge in [-0.2, -0.15) is 0 Å². The van der Waals surface area contributed by atoms with Gasteiger partial charge < -0.3 is 19.5 Å². The van der Waals surface area contributed by atoms with Gasteiger partial charge in [-0.1, -0.05) is 23.7 Å². The van der Waals surface area contributed by atoms with Crippen molar-refractivity contribution >= 4 is 23.7 Å². The Kier molecular flexibility index (Phi) is 10.1. The van der Waals surface area contributed by atoms with Crippen LogP contribution in [0.3, 0.4) is 0 Å². The SMILES string of the molecule is CC(C)N(CC(C(=O)[O-])c1ccc(Cl)cc1)C(=O)OC(C)(C)C.[K+]. The van der Waals surface area contributed by atoms with Gasteiger partial charge in [0.25, 0.3) is 0 Å². The zero-order valence-electron chi connectivity index (χ0n) is 15.1. The van der Waals surface area contributed by atoms with Crippen LogP contribution in [0, 0.1) is 0 Å². The molecule has 0 radical (unpaired) electrons. The van der Waals surface area contributed by atoms with E-state index in [1.807, 2.05) is 0 Å². The summed E-state index contributed by atoms with van der Waals surface area (Å²) in [4.78, 5) is 25.2. The molecule has 0 saturated carbocycles. The second kappa shape index (κ2) is 10.1. The van der Waals surface area contributed by atoms with Gasteiger partial charge in [0.05, 0.1) is 5.97 Å². The number of ether oxygens (including phenoxy) is 1. The van der Waals surface area contributed by atoms with E-state index in [0.29, 0.717) is 10.6 Å². The number of carboxylic acid groups (broad SMARTS) is 1. The summed E-state index contributed by atoms with van der Waals surface area (Å²) in [6.07, 6.45) is -0.548. The molecule has 5 nitrogen and oxygen atoms in total. The predicted octanol–water partition coefficient (Wildman–Crippen LogP) is -0.177. The average Bonchev–Trinajstić information content (AvgIpc) is 2.38. The first-order valence-electron chi connectivity index (χ1n) is 7.47. The van der Waals surface area contributed by atoms with Crippen LogP contribution in [0.1, 0.15) is 46.1 Å². The number of amides is 1. The molecule has 0 heterocycles. The fourth-order valence-corrected chi connectivity index (χ4v) is 2.15. The Morgan fingerprint density at radius 2 is 1.71 bits per heavy atom. The first-order chi connectivity index (χ1) is 10.5. The number of hydrogen-bond acceptors (Lipinski definition) is 4. The van der Waals surface area contributed by atoms with Crippen LogP contribution in [0.5, 0.6) is 0 Å². The Balaban J connectivity index is 0.00000529. The number of nitrogens with zero attached hydrogens (tertiary/aromatic N) is 1. The molecule has 1 aromatic carbocycles. The molecule has 24 heavy (non-hydrogen) atoms. The van der Waals surface area contributed by atoms with Crippen LogP contribution in [0.2, 0.25) is 5.02 Å². The molecule has 0 bridgehead atoms. The maximum atomic E-state index is 12.3. The second-order valence-electron chi connectivity index (χ2n) is 6.65. The molecule has 0 aliphatic heterocycles. The van der Waals surface area contributed by atoms with Crippen LogP contribution in [0.4, 0.5) is 4.79 Å². The number of carbonyl (C=O) groups excluding carboxylic acids is 2. The van der Waals surface area contributed by atoms with Gasteiger partial charge in [0.1, 0.15) is 5.60 Å². The van der Waals surface area contributed by atoms with Crippen molar-refractivity contribution in [2.75, 3.05) is 6.54 Å². The molecular formula is C17H23ClKNO4. The summed E-state index contributed by atoms with van der Waals surface area (Å²) >= 11 is 5.83. The summed E-state index contributed by atoms with van der Waals surface area (Å²) in [7, 11) is 0. The third-order valence-corrected chi connectivity index (χ3v) is 3.44. The first kappa shape index (κ1) is 23.9. The molecule has 0 aliphatic carbocycles. The van der Waals surface area contributed by atoms with Crippen molar-refractivity contribution in [3.63, 3.8) is 0 Å². The third-order valence-electron chi connectivity index (χ3n) is 3.19. The van der Waals surface area contributed by atoms with E-state index in [4.69, 9.17) is 16.3 Å². The van der Waals surface area contributed by atoms with Crippen LogP contribution in [0.25, 0.3) is 0 Å². The van der Waals surface area contributed by atoms with E-state index in [-0.39, 0.29) is 64.0 Å². The van der Waals surface area contributed by atoms with Gasteiger partial charge in [0.2, 0.25) is 0 Å². The molecule has 0 fully saturated rings. The zero-order valence-corrected chi connectivity index (χ0v) is 19.0. The van der Waals surface area contributed by atoms with Gasteiger partial charge in [-0.05, 0) is 52.3 Å². The Morgan fingerprint density at radius 1 is 1.21 bits per heavy atom. The summed E-state index contributed by atoms with van der Waals surface area (Å²) in [6, 6.07) is 6.26. The summed E-state index contributed by atoms with van der Waals surface area (Å²) < 4.78 is 5.35.